The van der Waals surface area contributed by atoms with E-state index >= 15 is 0 Å². The molecule has 0 aliphatic heterocycles. The number of carbonyl (C=O) groups excluding carboxylic acids is 1. The van der Waals surface area contributed by atoms with E-state index in [1.54, 1.807) is 23.1 Å². The third-order valence-electron chi connectivity index (χ3n) is 3.40. The van der Waals surface area contributed by atoms with Crippen LogP contribution in [0.4, 0.5) is 0 Å². The molecule has 1 aliphatic carbocycles. The van der Waals surface area contributed by atoms with Crippen molar-refractivity contribution in [3.05, 3.63) is 33.8 Å². The maximum atomic E-state index is 12.2. The molecule has 1 atom stereocenters. The highest BCUT2D eigenvalue weighted by Gasteiger charge is 2.33. The molecule has 2 rings (SSSR count). The van der Waals surface area contributed by atoms with Crippen LogP contribution in [0.5, 0.6) is 0 Å². The second-order valence-electron chi connectivity index (χ2n) is 4.62. The van der Waals surface area contributed by atoms with E-state index in [9.17, 15) is 4.79 Å². The van der Waals surface area contributed by atoms with E-state index in [2.05, 4.69) is 6.92 Å². The van der Waals surface area contributed by atoms with Crippen LogP contribution in [0.15, 0.2) is 18.2 Å². The van der Waals surface area contributed by atoms with Gasteiger partial charge in [-0.25, -0.2) is 0 Å². The summed E-state index contributed by atoms with van der Waals surface area (Å²) in [5.41, 5.74) is 0.520. The Balaban J connectivity index is 2.18. The molecule has 2 nitrogen and oxygen atoms in total. The van der Waals surface area contributed by atoms with Gasteiger partial charge in [0.15, 0.2) is 0 Å². The van der Waals surface area contributed by atoms with E-state index in [1.165, 1.54) is 12.8 Å². The van der Waals surface area contributed by atoms with Crippen LogP contribution >= 0.6 is 23.2 Å². The number of carbonyl (C=O) groups is 1. The van der Waals surface area contributed by atoms with Crippen LogP contribution in [0.25, 0.3) is 0 Å². The van der Waals surface area contributed by atoms with E-state index in [1.807, 2.05) is 7.05 Å². The fourth-order valence-electron chi connectivity index (χ4n) is 1.93. The summed E-state index contributed by atoms with van der Waals surface area (Å²) in [6, 6.07) is 5.25. The maximum Gasteiger partial charge on any atom is 0.255 e. The summed E-state index contributed by atoms with van der Waals surface area (Å²) in [6.45, 7) is 2.08. The van der Waals surface area contributed by atoms with Crippen molar-refractivity contribution in [1.29, 1.82) is 0 Å². The molecule has 0 heterocycles. The number of nitrogens with zero attached hydrogens (tertiary/aromatic N) is 1. The van der Waals surface area contributed by atoms with Crippen molar-refractivity contribution in [2.24, 2.45) is 5.92 Å². The predicted molar refractivity (Wildman–Crippen MR) is 70.7 cm³/mol. The lowest BCUT2D eigenvalue weighted by Crippen LogP contribution is -2.36. The molecule has 0 aromatic heterocycles. The van der Waals surface area contributed by atoms with Gasteiger partial charge in [0.2, 0.25) is 0 Å². The summed E-state index contributed by atoms with van der Waals surface area (Å²) in [5.74, 6) is 0.612. The van der Waals surface area contributed by atoms with Gasteiger partial charge < -0.3 is 4.90 Å². The van der Waals surface area contributed by atoms with Crippen molar-refractivity contribution in [2.75, 3.05) is 7.05 Å². The molecule has 92 valence electrons. The van der Waals surface area contributed by atoms with Crippen LogP contribution in [-0.4, -0.2) is 23.9 Å². The topological polar surface area (TPSA) is 20.3 Å². The molecule has 4 heteroatoms. The molecule has 1 unspecified atom stereocenters. The molecule has 1 aliphatic rings. The highest BCUT2D eigenvalue weighted by molar-refractivity contribution is 6.36. The van der Waals surface area contributed by atoms with Crippen molar-refractivity contribution in [3.8, 4) is 0 Å². The van der Waals surface area contributed by atoms with Crippen molar-refractivity contribution < 1.29 is 4.79 Å². The lowest BCUT2D eigenvalue weighted by molar-refractivity contribution is 0.0727. The molecule has 17 heavy (non-hydrogen) atoms. The zero-order valence-electron chi connectivity index (χ0n) is 9.91. The van der Waals surface area contributed by atoms with Crippen molar-refractivity contribution in [1.82, 2.24) is 4.90 Å². The minimum atomic E-state index is -0.0360. The molecule has 0 saturated heterocycles. The van der Waals surface area contributed by atoms with E-state index in [4.69, 9.17) is 23.2 Å². The number of amides is 1. The van der Waals surface area contributed by atoms with Gasteiger partial charge in [0.1, 0.15) is 0 Å². The van der Waals surface area contributed by atoms with Crippen molar-refractivity contribution in [3.63, 3.8) is 0 Å². The van der Waals surface area contributed by atoms with Gasteiger partial charge in [-0.3, -0.25) is 4.79 Å². The molecule has 0 bridgehead atoms. The standard InChI is InChI=1S/C13H15Cl2NO/c1-8(9-3-4-9)16(2)13(17)11-6-5-10(14)7-12(11)15/h5-9H,3-4H2,1-2H3. The number of hydrogen-bond donors (Lipinski definition) is 0. The molecule has 0 radical (unpaired) electrons. The van der Waals surface area contributed by atoms with Crippen LogP contribution in [0.1, 0.15) is 30.1 Å². The van der Waals surface area contributed by atoms with Crippen LogP contribution in [-0.2, 0) is 0 Å². The zero-order valence-corrected chi connectivity index (χ0v) is 11.4. The van der Waals surface area contributed by atoms with E-state index < -0.39 is 0 Å². The SMILES string of the molecule is CC(C1CC1)N(C)C(=O)c1ccc(Cl)cc1Cl. The van der Waals surface area contributed by atoms with E-state index in [0.29, 0.717) is 21.5 Å². The predicted octanol–water partition coefficient (Wildman–Crippen LogP) is 3.86. The summed E-state index contributed by atoms with van der Waals surface area (Å²) in [4.78, 5) is 14.0. The summed E-state index contributed by atoms with van der Waals surface area (Å²) in [5, 5.41) is 0.960. The first-order valence-corrected chi connectivity index (χ1v) is 6.48. The summed E-state index contributed by atoms with van der Waals surface area (Å²) in [6.07, 6.45) is 2.43. The van der Waals surface area contributed by atoms with Gasteiger partial charge in [-0.15, -0.1) is 0 Å². The number of halogens is 2. The Kier molecular flexibility index (Phi) is 3.64. The summed E-state index contributed by atoms with van der Waals surface area (Å²) >= 11 is 11.9. The van der Waals surface area contributed by atoms with Gasteiger partial charge >= 0.3 is 0 Å². The van der Waals surface area contributed by atoms with Gasteiger partial charge in [0, 0.05) is 18.1 Å². The van der Waals surface area contributed by atoms with Gasteiger partial charge in [-0.2, -0.15) is 0 Å². The molecule has 1 saturated carbocycles. The molecule has 1 aromatic carbocycles. The molecular weight excluding hydrogens is 257 g/mol. The number of benzene rings is 1. The van der Waals surface area contributed by atoms with Gasteiger partial charge in [0.25, 0.3) is 5.91 Å². The fourth-order valence-corrected chi connectivity index (χ4v) is 2.42. The minimum Gasteiger partial charge on any atom is -0.339 e. The highest BCUT2D eigenvalue weighted by Crippen LogP contribution is 2.35. The Morgan fingerprint density at radius 2 is 2.06 bits per heavy atom. The smallest absolute Gasteiger partial charge is 0.255 e. The van der Waals surface area contributed by atoms with Gasteiger partial charge in [-0.05, 0) is 43.9 Å². The van der Waals surface area contributed by atoms with E-state index in [-0.39, 0.29) is 11.9 Å². The Morgan fingerprint density at radius 1 is 1.41 bits per heavy atom. The average Bonchev–Trinajstić information content (AvgIpc) is 3.10. The minimum absolute atomic E-state index is 0.0360. The monoisotopic (exact) mass is 271 g/mol. The number of rotatable bonds is 3. The van der Waals surface area contributed by atoms with Crippen LogP contribution in [0.3, 0.4) is 0 Å². The second-order valence-corrected chi connectivity index (χ2v) is 5.46. The quantitative estimate of drug-likeness (QED) is 0.818. The highest BCUT2D eigenvalue weighted by atomic mass is 35.5. The summed E-state index contributed by atoms with van der Waals surface area (Å²) in [7, 11) is 1.83. The maximum absolute atomic E-state index is 12.2. The zero-order chi connectivity index (χ0) is 12.6. The Labute approximate surface area is 112 Å². The molecular formula is C13H15Cl2NO. The Bertz CT molecular complexity index is 443. The first-order valence-electron chi connectivity index (χ1n) is 5.73. The van der Waals surface area contributed by atoms with Crippen LogP contribution < -0.4 is 0 Å². The lowest BCUT2D eigenvalue weighted by Gasteiger charge is -2.25. The largest absolute Gasteiger partial charge is 0.339 e. The van der Waals surface area contributed by atoms with Crippen molar-refractivity contribution >= 4 is 29.1 Å². The molecule has 1 fully saturated rings. The van der Waals surface area contributed by atoms with Gasteiger partial charge in [0.05, 0.1) is 10.6 Å². The lowest BCUT2D eigenvalue weighted by atomic mass is 10.1. The Morgan fingerprint density at radius 3 is 2.59 bits per heavy atom. The Hall–Kier alpha value is -0.730. The third kappa shape index (κ3) is 2.75. The van der Waals surface area contributed by atoms with Gasteiger partial charge in [-0.1, -0.05) is 23.2 Å². The molecule has 1 amide bonds. The third-order valence-corrected chi connectivity index (χ3v) is 3.94. The summed E-state index contributed by atoms with van der Waals surface area (Å²) < 4.78 is 0. The van der Waals surface area contributed by atoms with Crippen LogP contribution in [0, 0.1) is 5.92 Å². The van der Waals surface area contributed by atoms with Crippen molar-refractivity contribution in [2.45, 2.75) is 25.8 Å². The number of hydrogen-bond acceptors (Lipinski definition) is 1. The first kappa shape index (κ1) is 12.7. The normalized spacial score (nSPS) is 16.7. The van der Waals surface area contributed by atoms with Crippen LogP contribution in [0.2, 0.25) is 10.0 Å². The first-order chi connectivity index (χ1) is 8.00. The second kappa shape index (κ2) is 4.87. The molecule has 0 spiro atoms. The molecule has 0 N–H and O–H groups in total. The average molecular weight is 272 g/mol. The fraction of sp³-hybridized carbons (Fsp3) is 0.462. The van der Waals surface area contributed by atoms with E-state index in [0.717, 1.165) is 0 Å². The molecule has 1 aromatic rings.